The maximum atomic E-state index is 12.0. The van der Waals surface area contributed by atoms with E-state index in [0.717, 1.165) is 19.5 Å². The van der Waals surface area contributed by atoms with E-state index in [9.17, 15) is 4.79 Å². The third-order valence-electron chi connectivity index (χ3n) is 3.57. The summed E-state index contributed by atoms with van der Waals surface area (Å²) in [6.45, 7) is 5.58. The minimum atomic E-state index is 0.0458. The Morgan fingerprint density at radius 3 is 2.47 bits per heavy atom. The molecule has 3 nitrogen and oxygen atoms in total. The largest absolute Gasteiger partial charge is 0.278 e. The lowest BCUT2D eigenvalue weighted by molar-refractivity contribution is -0.148. The molecule has 0 saturated carbocycles. The van der Waals surface area contributed by atoms with E-state index in [-0.39, 0.29) is 11.8 Å². The van der Waals surface area contributed by atoms with Crippen molar-refractivity contribution in [2.45, 2.75) is 20.3 Å². The molecule has 3 heteroatoms. The number of amides is 1. The predicted molar refractivity (Wildman–Crippen MR) is 78.2 cm³/mol. The van der Waals surface area contributed by atoms with Crippen LogP contribution in [0.4, 0.5) is 0 Å². The summed E-state index contributed by atoms with van der Waals surface area (Å²) < 4.78 is 0. The monoisotopic (exact) mass is 258 g/mol. The fourth-order valence-corrected chi connectivity index (χ4v) is 2.36. The van der Waals surface area contributed by atoms with E-state index in [1.54, 1.807) is 5.01 Å². The molecule has 1 aliphatic rings. The third kappa shape index (κ3) is 3.24. The molecule has 1 aliphatic heterocycles. The quantitative estimate of drug-likeness (QED) is 0.832. The molecule has 19 heavy (non-hydrogen) atoms. The highest BCUT2D eigenvalue weighted by molar-refractivity contribution is 5.77. The van der Waals surface area contributed by atoms with Gasteiger partial charge in [-0.25, -0.2) is 5.01 Å². The molecule has 0 N–H and O–H groups in total. The fraction of sp³-hybridized carbons (Fsp3) is 0.438. The van der Waals surface area contributed by atoms with Gasteiger partial charge in [-0.15, -0.1) is 0 Å². The Balaban J connectivity index is 2.02. The summed E-state index contributed by atoms with van der Waals surface area (Å²) in [6, 6.07) is 10.5. The topological polar surface area (TPSA) is 23.6 Å². The second-order valence-electron chi connectivity index (χ2n) is 5.27. The van der Waals surface area contributed by atoms with Gasteiger partial charge in [0.1, 0.15) is 0 Å². The van der Waals surface area contributed by atoms with Gasteiger partial charge in [0.15, 0.2) is 0 Å². The fourth-order valence-electron chi connectivity index (χ4n) is 2.36. The molecule has 0 aliphatic carbocycles. The molecule has 0 radical (unpaired) electrons. The van der Waals surface area contributed by atoms with E-state index < -0.39 is 0 Å². The van der Waals surface area contributed by atoms with Gasteiger partial charge in [-0.05, 0) is 17.6 Å². The molecule has 0 unspecified atom stereocenters. The third-order valence-corrected chi connectivity index (χ3v) is 3.57. The molecule has 0 aromatic heterocycles. The Morgan fingerprint density at radius 1 is 1.26 bits per heavy atom. The Morgan fingerprint density at radius 2 is 1.95 bits per heavy atom. The van der Waals surface area contributed by atoms with E-state index in [4.69, 9.17) is 0 Å². The number of rotatable bonds is 3. The molecule has 0 fully saturated rings. The van der Waals surface area contributed by atoms with Gasteiger partial charge in [0, 0.05) is 26.1 Å². The van der Waals surface area contributed by atoms with Crippen LogP contribution < -0.4 is 0 Å². The molecular weight excluding hydrogens is 236 g/mol. The van der Waals surface area contributed by atoms with Gasteiger partial charge in [0.2, 0.25) is 5.91 Å². The van der Waals surface area contributed by atoms with Crippen molar-refractivity contribution in [2.24, 2.45) is 5.92 Å². The van der Waals surface area contributed by atoms with E-state index in [0.29, 0.717) is 0 Å². The summed E-state index contributed by atoms with van der Waals surface area (Å²) >= 11 is 0. The lowest BCUT2D eigenvalue weighted by Crippen LogP contribution is -2.47. The first kappa shape index (κ1) is 13.8. The van der Waals surface area contributed by atoms with Crippen LogP contribution in [0.3, 0.4) is 0 Å². The average molecular weight is 258 g/mol. The molecule has 2 rings (SSSR count). The van der Waals surface area contributed by atoms with Crippen molar-refractivity contribution in [2.75, 3.05) is 20.1 Å². The van der Waals surface area contributed by atoms with Gasteiger partial charge in [-0.1, -0.05) is 50.3 Å². The van der Waals surface area contributed by atoms with Crippen molar-refractivity contribution in [3.8, 4) is 0 Å². The Kier molecular flexibility index (Phi) is 4.38. The van der Waals surface area contributed by atoms with Crippen LogP contribution in [0, 0.1) is 5.92 Å². The van der Waals surface area contributed by atoms with Crippen molar-refractivity contribution < 1.29 is 4.79 Å². The van der Waals surface area contributed by atoms with E-state index in [1.165, 1.54) is 11.1 Å². The summed E-state index contributed by atoms with van der Waals surface area (Å²) in [6.07, 6.45) is 3.21. The molecule has 1 aromatic rings. The highest BCUT2D eigenvalue weighted by atomic mass is 16.2. The molecule has 0 bridgehead atoms. The van der Waals surface area contributed by atoms with Crippen molar-refractivity contribution >= 4 is 11.5 Å². The Labute approximate surface area is 115 Å². The Hall–Kier alpha value is -1.61. The van der Waals surface area contributed by atoms with Crippen LogP contribution in [-0.2, 0) is 4.79 Å². The van der Waals surface area contributed by atoms with Crippen LogP contribution in [0.15, 0.2) is 36.4 Å². The predicted octanol–water partition coefficient (Wildman–Crippen LogP) is 2.81. The molecular formula is C16H22N2O. The van der Waals surface area contributed by atoms with Crippen LogP contribution in [0.5, 0.6) is 0 Å². The van der Waals surface area contributed by atoms with Crippen LogP contribution in [0.1, 0.15) is 25.8 Å². The van der Waals surface area contributed by atoms with E-state index in [1.807, 2.05) is 27.0 Å². The van der Waals surface area contributed by atoms with Gasteiger partial charge >= 0.3 is 0 Å². The second-order valence-corrected chi connectivity index (χ2v) is 5.27. The standard InChI is InChI=1S/C16H22N2O/c1-13(2)16(19)17(3)18-11-9-15(10-12-18)14-7-5-4-6-8-14/h4-9,13H,10-12H2,1-3H3. The van der Waals surface area contributed by atoms with Crippen molar-refractivity contribution in [3.63, 3.8) is 0 Å². The summed E-state index contributed by atoms with van der Waals surface area (Å²) in [5.41, 5.74) is 2.67. The highest BCUT2D eigenvalue weighted by Gasteiger charge is 2.21. The lowest BCUT2D eigenvalue weighted by Gasteiger charge is -2.35. The van der Waals surface area contributed by atoms with Crippen molar-refractivity contribution in [3.05, 3.63) is 42.0 Å². The number of nitrogens with zero attached hydrogens (tertiary/aromatic N) is 2. The minimum absolute atomic E-state index is 0.0458. The molecule has 1 heterocycles. The minimum Gasteiger partial charge on any atom is -0.278 e. The number of hydrogen-bond acceptors (Lipinski definition) is 2. The smallest absolute Gasteiger partial charge is 0.239 e. The number of hydrazine groups is 1. The first-order valence-corrected chi connectivity index (χ1v) is 6.86. The molecule has 0 spiro atoms. The summed E-state index contributed by atoms with van der Waals surface area (Å²) in [5, 5.41) is 3.87. The molecule has 102 valence electrons. The van der Waals surface area contributed by atoms with Gasteiger partial charge in [-0.3, -0.25) is 9.80 Å². The average Bonchev–Trinajstić information content (AvgIpc) is 2.46. The SMILES string of the molecule is CC(C)C(=O)N(C)N1CC=C(c2ccccc2)CC1. The number of benzene rings is 1. The van der Waals surface area contributed by atoms with Gasteiger partial charge in [-0.2, -0.15) is 0 Å². The summed E-state index contributed by atoms with van der Waals surface area (Å²) in [4.78, 5) is 12.0. The van der Waals surface area contributed by atoms with Crippen LogP contribution in [0.2, 0.25) is 0 Å². The second kappa shape index (κ2) is 6.02. The zero-order valence-corrected chi connectivity index (χ0v) is 12.0. The van der Waals surface area contributed by atoms with Gasteiger partial charge in [0.05, 0.1) is 0 Å². The number of hydrogen-bond donors (Lipinski definition) is 0. The Bertz CT molecular complexity index is 465. The van der Waals surface area contributed by atoms with Gasteiger partial charge in [0.25, 0.3) is 0 Å². The van der Waals surface area contributed by atoms with E-state index in [2.05, 4.69) is 35.4 Å². The molecule has 0 saturated heterocycles. The van der Waals surface area contributed by atoms with Crippen molar-refractivity contribution in [1.82, 2.24) is 10.0 Å². The van der Waals surface area contributed by atoms with Gasteiger partial charge < -0.3 is 0 Å². The number of carbonyl (C=O) groups is 1. The zero-order valence-electron chi connectivity index (χ0n) is 12.0. The maximum Gasteiger partial charge on any atom is 0.239 e. The van der Waals surface area contributed by atoms with E-state index >= 15 is 0 Å². The number of carbonyl (C=O) groups excluding carboxylic acids is 1. The van der Waals surface area contributed by atoms with Crippen LogP contribution in [0.25, 0.3) is 5.57 Å². The first-order valence-electron chi connectivity index (χ1n) is 6.86. The summed E-state index contributed by atoms with van der Waals surface area (Å²) in [7, 11) is 1.86. The van der Waals surface area contributed by atoms with Crippen LogP contribution >= 0.6 is 0 Å². The molecule has 0 atom stereocenters. The molecule has 1 aromatic carbocycles. The highest BCUT2D eigenvalue weighted by Crippen LogP contribution is 2.22. The molecule has 1 amide bonds. The zero-order chi connectivity index (χ0) is 13.8. The lowest BCUT2D eigenvalue weighted by atomic mass is 10.0. The summed E-state index contributed by atoms with van der Waals surface area (Å²) in [5.74, 6) is 0.223. The van der Waals surface area contributed by atoms with Crippen molar-refractivity contribution in [1.29, 1.82) is 0 Å². The van der Waals surface area contributed by atoms with Crippen LogP contribution in [-0.4, -0.2) is 36.1 Å². The first-order chi connectivity index (χ1) is 9.09. The maximum absolute atomic E-state index is 12.0. The normalized spacial score (nSPS) is 16.3.